The Balaban J connectivity index is 1.78. The van der Waals surface area contributed by atoms with Gasteiger partial charge in [0, 0.05) is 12.1 Å². The Hall–Kier alpha value is -0.560. The molecular formula is C17H33N3O11. The molecule has 3 aliphatic rings. The minimum Gasteiger partial charge on any atom is -0.394 e. The molecule has 13 N–H and O–H groups in total. The summed E-state index contributed by atoms with van der Waals surface area (Å²) in [7, 11) is 0. The highest BCUT2D eigenvalue weighted by molar-refractivity contribution is 5.01. The van der Waals surface area contributed by atoms with E-state index < -0.39 is 98.9 Å². The Morgan fingerprint density at radius 3 is 1.74 bits per heavy atom. The van der Waals surface area contributed by atoms with Gasteiger partial charge in [-0.2, -0.15) is 0 Å². The second-order valence-corrected chi connectivity index (χ2v) is 8.25. The van der Waals surface area contributed by atoms with E-state index in [2.05, 4.69) is 0 Å². The lowest BCUT2D eigenvalue weighted by Crippen LogP contribution is -2.68. The lowest BCUT2D eigenvalue weighted by Gasteiger charge is -2.47. The molecular weight excluding hydrogens is 422 g/mol. The Morgan fingerprint density at radius 1 is 0.645 bits per heavy atom. The van der Waals surface area contributed by atoms with Crippen molar-refractivity contribution in [3.63, 3.8) is 0 Å². The number of hydrogen-bond acceptors (Lipinski definition) is 14. The van der Waals surface area contributed by atoms with Crippen molar-refractivity contribution in [1.82, 2.24) is 0 Å². The van der Waals surface area contributed by atoms with Gasteiger partial charge in [0.2, 0.25) is 0 Å². The van der Waals surface area contributed by atoms with Crippen LogP contribution in [0.3, 0.4) is 0 Å². The summed E-state index contributed by atoms with van der Waals surface area (Å²) in [5.41, 5.74) is 18.0. The van der Waals surface area contributed by atoms with Gasteiger partial charge in [0.05, 0.1) is 25.4 Å². The minimum atomic E-state index is -1.52. The van der Waals surface area contributed by atoms with Crippen molar-refractivity contribution in [2.75, 3.05) is 13.2 Å². The molecule has 182 valence electrons. The second kappa shape index (κ2) is 10.1. The predicted octanol–water partition coefficient (Wildman–Crippen LogP) is -6.62. The summed E-state index contributed by atoms with van der Waals surface area (Å²) < 4.78 is 22.2. The third-order valence-corrected chi connectivity index (χ3v) is 6.07. The van der Waals surface area contributed by atoms with Crippen LogP contribution < -0.4 is 17.2 Å². The molecule has 0 bridgehead atoms. The van der Waals surface area contributed by atoms with Gasteiger partial charge in [-0.1, -0.05) is 0 Å². The van der Waals surface area contributed by atoms with Gasteiger partial charge in [0.25, 0.3) is 0 Å². The summed E-state index contributed by atoms with van der Waals surface area (Å²) in [6.45, 7) is -1.19. The van der Waals surface area contributed by atoms with Gasteiger partial charge < -0.3 is 71.9 Å². The van der Waals surface area contributed by atoms with Gasteiger partial charge >= 0.3 is 0 Å². The number of rotatable bonds is 6. The molecule has 1 saturated carbocycles. The van der Waals surface area contributed by atoms with Gasteiger partial charge in [-0.25, -0.2) is 0 Å². The van der Waals surface area contributed by atoms with E-state index in [0.717, 1.165) is 0 Å². The van der Waals surface area contributed by atoms with E-state index in [0.29, 0.717) is 0 Å². The first-order chi connectivity index (χ1) is 14.6. The van der Waals surface area contributed by atoms with Crippen molar-refractivity contribution >= 4 is 0 Å². The number of aliphatic hydroxyl groups is 7. The Labute approximate surface area is 178 Å². The smallest absolute Gasteiger partial charge is 0.187 e. The van der Waals surface area contributed by atoms with E-state index in [-0.39, 0.29) is 6.42 Å². The van der Waals surface area contributed by atoms with Gasteiger partial charge in [-0.05, 0) is 6.42 Å². The number of aliphatic hydroxyl groups excluding tert-OH is 7. The molecule has 7 unspecified atom stereocenters. The maximum Gasteiger partial charge on any atom is 0.187 e. The van der Waals surface area contributed by atoms with E-state index >= 15 is 0 Å². The van der Waals surface area contributed by atoms with Crippen LogP contribution in [0.5, 0.6) is 0 Å². The van der Waals surface area contributed by atoms with Crippen molar-refractivity contribution in [2.45, 2.75) is 92.1 Å². The van der Waals surface area contributed by atoms with Crippen molar-refractivity contribution < 1.29 is 54.7 Å². The summed E-state index contributed by atoms with van der Waals surface area (Å²) in [6, 6.07) is -2.82. The first-order valence-electron chi connectivity index (χ1n) is 10.1. The molecule has 2 heterocycles. The SMILES string of the molecule is NC1CC(N)[C@@H](O[C@H]2OC(CO)[C@@H](O)C(O)[C@@H]2N)C(O[C@@H]2O[C@H](CO)C(O)C2O)[C@@H]1O. The molecule has 31 heavy (non-hydrogen) atoms. The molecule has 0 aromatic rings. The summed E-state index contributed by atoms with van der Waals surface area (Å²) in [6.07, 6.45) is -14.5. The first-order valence-corrected chi connectivity index (χ1v) is 10.1. The first kappa shape index (κ1) is 25.1. The lowest BCUT2D eigenvalue weighted by molar-refractivity contribution is -0.310. The maximum atomic E-state index is 10.6. The molecule has 14 nitrogen and oxygen atoms in total. The second-order valence-electron chi connectivity index (χ2n) is 8.25. The number of hydrogen-bond donors (Lipinski definition) is 10. The monoisotopic (exact) mass is 455 g/mol. The van der Waals surface area contributed by atoms with Crippen molar-refractivity contribution in [1.29, 1.82) is 0 Å². The van der Waals surface area contributed by atoms with Gasteiger partial charge in [0.15, 0.2) is 12.6 Å². The fourth-order valence-electron chi connectivity index (χ4n) is 4.12. The molecule has 14 heteroatoms. The van der Waals surface area contributed by atoms with Crippen molar-refractivity contribution in [2.24, 2.45) is 17.2 Å². The van der Waals surface area contributed by atoms with Crippen LogP contribution in [0.25, 0.3) is 0 Å². The molecule has 0 aromatic heterocycles. The van der Waals surface area contributed by atoms with Gasteiger partial charge in [0.1, 0.15) is 48.8 Å². The van der Waals surface area contributed by atoms with Gasteiger partial charge in [-0.15, -0.1) is 0 Å². The van der Waals surface area contributed by atoms with Crippen LogP contribution in [0.2, 0.25) is 0 Å². The molecule has 14 atom stereocenters. The molecule has 1 aliphatic carbocycles. The number of nitrogens with two attached hydrogens (primary N) is 3. The molecule has 3 fully saturated rings. The lowest BCUT2D eigenvalue weighted by atomic mass is 9.84. The molecule has 0 amide bonds. The van der Waals surface area contributed by atoms with Crippen molar-refractivity contribution in [3.05, 3.63) is 0 Å². The molecule has 0 aromatic carbocycles. The summed E-state index contributed by atoms with van der Waals surface area (Å²) in [5, 5.41) is 69.4. The van der Waals surface area contributed by atoms with Crippen LogP contribution >= 0.6 is 0 Å². The van der Waals surface area contributed by atoms with Crippen LogP contribution in [0.4, 0.5) is 0 Å². The zero-order valence-electron chi connectivity index (χ0n) is 16.7. The molecule has 0 radical (unpaired) electrons. The van der Waals surface area contributed by atoms with Crippen LogP contribution in [-0.4, -0.2) is 135 Å². The Kier molecular flexibility index (Phi) is 8.21. The third kappa shape index (κ3) is 4.87. The summed E-state index contributed by atoms with van der Waals surface area (Å²) >= 11 is 0. The third-order valence-electron chi connectivity index (χ3n) is 6.07. The zero-order chi connectivity index (χ0) is 23.0. The van der Waals surface area contributed by atoms with E-state index in [1.165, 1.54) is 0 Å². The Bertz CT molecular complexity index is 590. The topological polar surface area (TPSA) is 257 Å². The molecule has 3 rings (SSSR count). The number of ether oxygens (including phenoxy) is 4. The average molecular weight is 455 g/mol. The van der Waals surface area contributed by atoms with Crippen LogP contribution in [-0.2, 0) is 18.9 Å². The maximum absolute atomic E-state index is 10.6. The van der Waals surface area contributed by atoms with E-state index in [1.807, 2.05) is 0 Å². The fraction of sp³-hybridized carbons (Fsp3) is 1.00. The largest absolute Gasteiger partial charge is 0.394 e. The van der Waals surface area contributed by atoms with E-state index in [1.54, 1.807) is 0 Å². The fourth-order valence-corrected chi connectivity index (χ4v) is 4.12. The van der Waals surface area contributed by atoms with E-state index in [9.17, 15) is 35.7 Å². The summed E-state index contributed by atoms with van der Waals surface area (Å²) in [5.74, 6) is 0. The highest BCUT2D eigenvalue weighted by atomic mass is 16.7. The van der Waals surface area contributed by atoms with Crippen LogP contribution in [0, 0.1) is 0 Å². The van der Waals surface area contributed by atoms with E-state index in [4.69, 9.17) is 36.1 Å². The standard InChI is InChI=1S/C17H33N3O11/c18-4-1-5(19)14(30-16-8(20)12(26)10(24)6(2-21)28-16)15(9(4)23)31-17-13(27)11(25)7(3-22)29-17/h4-17,21-27H,1-3,18-20H2/t4?,5?,6?,7-,8+,9-,10-,11?,12?,13?,14-,15?,16-,17+/m1/s1. The normalized spacial score (nSPS) is 53.6. The van der Waals surface area contributed by atoms with Crippen LogP contribution in [0.1, 0.15) is 6.42 Å². The summed E-state index contributed by atoms with van der Waals surface area (Å²) in [4.78, 5) is 0. The highest BCUT2D eigenvalue weighted by Crippen LogP contribution is 2.32. The van der Waals surface area contributed by atoms with Crippen molar-refractivity contribution in [3.8, 4) is 0 Å². The zero-order valence-corrected chi connectivity index (χ0v) is 16.7. The molecule has 2 aliphatic heterocycles. The predicted molar refractivity (Wildman–Crippen MR) is 99.8 cm³/mol. The minimum absolute atomic E-state index is 0.123. The quantitative estimate of drug-likeness (QED) is 0.179. The molecule has 2 saturated heterocycles. The van der Waals surface area contributed by atoms with Gasteiger partial charge in [-0.3, -0.25) is 0 Å². The average Bonchev–Trinajstić information content (AvgIpc) is 3.02. The van der Waals surface area contributed by atoms with Crippen LogP contribution in [0.15, 0.2) is 0 Å². The molecule has 0 spiro atoms. The Morgan fingerprint density at radius 2 is 1.16 bits per heavy atom. The highest BCUT2D eigenvalue weighted by Gasteiger charge is 2.52.